The first-order valence-corrected chi connectivity index (χ1v) is 13.2. The number of piperazine rings is 1. The second-order valence-corrected chi connectivity index (χ2v) is 10.9. The van der Waals surface area contributed by atoms with Gasteiger partial charge in [-0.25, -0.2) is 18.7 Å². The summed E-state index contributed by atoms with van der Waals surface area (Å²) in [5.41, 5.74) is 1.24. The number of benzene rings is 1. The van der Waals surface area contributed by atoms with Crippen LogP contribution < -0.4 is 21.1 Å². The number of rotatable bonds is 4. The fourth-order valence-corrected chi connectivity index (χ4v) is 6.31. The van der Waals surface area contributed by atoms with Crippen LogP contribution in [-0.2, 0) is 19.8 Å². The van der Waals surface area contributed by atoms with Crippen LogP contribution in [0.15, 0.2) is 18.6 Å². The van der Waals surface area contributed by atoms with Crippen molar-refractivity contribution in [1.82, 2.24) is 24.8 Å². The first-order valence-electron chi connectivity index (χ1n) is 13.2. The molecule has 41 heavy (non-hydrogen) atoms. The number of amides is 1. The summed E-state index contributed by atoms with van der Waals surface area (Å²) in [7, 11) is 1.74. The van der Waals surface area contributed by atoms with E-state index in [1.165, 1.54) is 6.33 Å². The summed E-state index contributed by atoms with van der Waals surface area (Å²) in [5, 5.41) is 6.35. The van der Waals surface area contributed by atoms with Crippen molar-refractivity contribution in [3.05, 3.63) is 52.6 Å². The van der Waals surface area contributed by atoms with E-state index in [0.29, 0.717) is 18.3 Å². The average molecular weight is 578 g/mol. The SMILES string of the molecule is Cc1c(F)c(N)cc(-c2nc3c(c(NCc4cn(C)cn4)c2F)C(=O)N2C[C@H]4CC[C@H](N4)[C@H]2[C@H](C)O3)c1C(F)(F)F. The Morgan fingerprint density at radius 2 is 2.00 bits per heavy atom. The Morgan fingerprint density at radius 3 is 2.68 bits per heavy atom. The monoisotopic (exact) mass is 577 g/mol. The summed E-state index contributed by atoms with van der Waals surface area (Å²) in [4.78, 5) is 24.1. The van der Waals surface area contributed by atoms with Gasteiger partial charge in [0.25, 0.3) is 5.91 Å². The van der Waals surface area contributed by atoms with E-state index in [-0.39, 0.29) is 35.8 Å². The lowest BCUT2D eigenvalue weighted by molar-refractivity contribution is -0.137. The number of ether oxygens (including phenoxy) is 1. The number of halogens is 5. The number of imidazole rings is 1. The third-order valence-corrected chi connectivity index (χ3v) is 8.09. The van der Waals surface area contributed by atoms with Crippen molar-refractivity contribution in [3.8, 4) is 17.1 Å². The molecule has 0 unspecified atom stereocenters. The van der Waals surface area contributed by atoms with Crippen molar-refractivity contribution in [1.29, 1.82) is 0 Å². The highest BCUT2D eigenvalue weighted by atomic mass is 19.4. The molecular weight excluding hydrogens is 549 g/mol. The van der Waals surface area contributed by atoms with Crippen LogP contribution in [-0.4, -0.2) is 56.1 Å². The zero-order chi connectivity index (χ0) is 29.4. The lowest BCUT2D eigenvalue weighted by Crippen LogP contribution is -2.63. The highest BCUT2D eigenvalue weighted by molar-refractivity contribution is 6.03. The van der Waals surface area contributed by atoms with Crippen LogP contribution in [0.2, 0.25) is 0 Å². The molecule has 1 amide bonds. The Balaban J connectivity index is 1.57. The van der Waals surface area contributed by atoms with E-state index in [0.717, 1.165) is 19.8 Å². The minimum Gasteiger partial charge on any atom is -0.472 e. The predicted molar refractivity (Wildman–Crippen MR) is 139 cm³/mol. The summed E-state index contributed by atoms with van der Waals surface area (Å²) in [6, 6.07) is 0.308. The summed E-state index contributed by atoms with van der Waals surface area (Å²) in [5.74, 6) is -3.34. The smallest absolute Gasteiger partial charge is 0.417 e. The van der Waals surface area contributed by atoms with E-state index in [1.54, 1.807) is 29.6 Å². The summed E-state index contributed by atoms with van der Waals surface area (Å²) in [6.45, 7) is 2.97. The molecule has 0 saturated carbocycles. The molecule has 0 radical (unpaired) electrons. The van der Waals surface area contributed by atoms with Gasteiger partial charge in [-0.05, 0) is 38.3 Å². The van der Waals surface area contributed by atoms with Crippen molar-refractivity contribution < 1.29 is 31.5 Å². The molecule has 3 aromatic rings. The number of alkyl halides is 3. The quantitative estimate of drug-likeness (QED) is 0.318. The van der Waals surface area contributed by atoms with E-state index in [1.807, 2.05) is 0 Å². The fourth-order valence-electron chi connectivity index (χ4n) is 6.31. The van der Waals surface area contributed by atoms with Gasteiger partial charge in [-0.3, -0.25) is 4.79 Å². The molecule has 0 aliphatic carbocycles. The normalized spacial score (nSPS) is 23.6. The Kier molecular flexibility index (Phi) is 6.36. The molecule has 2 saturated heterocycles. The molecule has 3 aliphatic heterocycles. The van der Waals surface area contributed by atoms with Gasteiger partial charge in [-0.1, -0.05) is 0 Å². The van der Waals surface area contributed by atoms with Gasteiger partial charge in [0.15, 0.2) is 5.82 Å². The van der Waals surface area contributed by atoms with Gasteiger partial charge in [-0.15, -0.1) is 0 Å². The van der Waals surface area contributed by atoms with Crippen LogP contribution in [0.3, 0.4) is 0 Å². The van der Waals surface area contributed by atoms with E-state index in [9.17, 15) is 22.4 Å². The lowest BCUT2D eigenvalue weighted by Gasteiger charge is -2.41. The number of aryl methyl sites for hydroxylation is 1. The van der Waals surface area contributed by atoms with Gasteiger partial charge >= 0.3 is 6.18 Å². The molecule has 5 heterocycles. The van der Waals surface area contributed by atoms with Crippen LogP contribution in [0.5, 0.6) is 5.88 Å². The van der Waals surface area contributed by atoms with Crippen LogP contribution in [0.1, 0.15) is 46.9 Å². The van der Waals surface area contributed by atoms with E-state index >= 15 is 4.39 Å². The van der Waals surface area contributed by atoms with E-state index in [4.69, 9.17) is 10.5 Å². The molecule has 4 N–H and O–H groups in total. The molecule has 2 bridgehead atoms. The minimum absolute atomic E-state index is 0.0521. The number of carbonyl (C=O) groups excluding carboxylic acids is 1. The Morgan fingerprint density at radius 1 is 1.24 bits per heavy atom. The van der Waals surface area contributed by atoms with Crippen LogP contribution >= 0.6 is 0 Å². The third-order valence-electron chi connectivity index (χ3n) is 8.09. The largest absolute Gasteiger partial charge is 0.472 e. The maximum absolute atomic E-state index is 16.5. The van der Waals surface area contributed by atoms with Crippen molar-refractivity contribution in [2.24, 2.45) is 7.05 Å². The second kappa shape index (κ2) is 9.57. The molecule has 4 atom stereocenters. The number of hydrogen-bond acceptors (Lipinski definition) is 7. The fraction of sp³-hybridized carbons (Fsp3) is 0.444. The van der Waals surface area contributed by atoms with Crippen LogP contribution in [0, 0.1) is 18.6 Å². The van der Waals surface area contributed by atoms with Gasteiger partial charge in [0.05, 0.1) is 41.5 Å². The number of carbonyl (C=O) groups is 1. The maximum atomic E-state index is 16.5. The van der Waals surface area contributed by atoms with E-state index in [2.05, 4.69) is 20.6 Å². The summed E-state index contributed by atoms with van der Waals surface area (Å²) >= 11 is 0. The lowest BCUT2D eigenvalue weighted by atomic mass is 9.95. The molecule has 2 aromatic heterocycles. The van der Waals surface area contributed by atoms with Crippen LogP contribution in [0.25, 0.3) is 11.3 Å². The highest BCUT2D eigenvalue weighted by Crippen LogP contribution is 2.46. The molecule has 0 spiro atoms. The molecule has 14 heteroatoms. The Hall–Kier alpha value is -3.94. The van der Waals surface area contributed by atoms with Crippen LogP contribution in [0.4, 0.5) is 33.3 Å². The number of fused-ring (bicyclic) bond motifs is 5. The van der Waals surface area contributed by atoms with Crippen molar-refractivity contribution in [2.75, 3.05) is 17.6 Å². The number of nitrogens with two attached hydrogens (primary N) is 1. The number of hydrogen-bond donors (Lipinski definition) is 3. The zero-order valence-corrected chi connectivity index (χ0v) is 22.4. The Bertz CT molecular complexity index is 1560. The van der Waals surface area contributed by atoms with E-state index < -0.39 is 63.9 Å². The topological polar surface area (TPSA) is 110 Å². The number of nitrogens with one attached hydrogen (secondary N) is 2. The van der Waals surface area contributed by atoms with Gasteiger partial charge in [0, 0.05) is 37.4 Å². The van der Waals surface area contributed by atoms with Crippen molar-refractivity contribution in [3.63, 3.8) is 0 Å². The highest BCUT2D eigenvalue weighted by Gasteiger charge is 2.49. The number of nitrogen functional groups attached to an aromatic ring is 1. The molecule has 218 valence electrons. The average Bonchev–Trinajstić information content (AvgIpc) is 3.47. The number of aromatic nitrogens is 3. The van der Waals surface area contributed by atoms with Gasteiger partial charge in [0.1, 0.15) is 23.2 Å². The second-order valence-electron chi connectivity index (χ2n) is 10.9. The molecule has 3 aliphatic rings. The first kappa shape index (κ1) is 27.2. The molecule has 6 rings (SSSR count). The molecule has 2 fully saturated rings. The van der Waals surface area contributed by atoms with Gasteiger partial charge < -0.3 is 30.6 Å². The summed E-state index contributed by atoms with van der Waals surface area (Å²) < 4.78 is 81.6. The first-order chi connectivity index (χ1) is 19.3. The molecule has 1 aromatic carbocycles. The summed E-state index contributed by atoms with van der Waals surface area (Å²) in [6.07, 6.45) is -0.805. The number of pyridine rings is 1. The number of anilines is 2. The minimum atomic E-state index is -5.06. The third kappa shape index (κ3) is 4.44. The molecular formula is C27H28F5N7O2. The maximum Gasteiger partial charge on any atom is 0.417 e. The Labute approximate surface area is 231 Å². The number of nitrogens with zero attached hydrogens (tertiary/aromatic N) is 4. The zero-order valence-electron chi connectivity index (χ0n) is 22.4. The van der Waals surface area contributed by atoms with Crippen molar-refractivity contribution in [2.45, 2.75) is 63.6 Å². The predicted octanol–water partition coefficient (Wildman–Crippen LogP) is 4.01. The van der Waals surface area contributed by atoms with Crippen molar-refractivity contribution >= 4 is 17.3 Å². The standard InChI is InChI=1S/C27H28F5N7O2/c1-11-19(27(30,31)32)15(6-16(33)20(11)28)22-21(29)23(34-7-14-8-38(3)10-35-14)18-25(37-22)41-12(2)24-17-5-4-13(36-17)9-39(24)26(18)40/h6,8,10,12-13,17,24,36H,4-5,7,9,33H2,1-3H3,(H,34,37)/t12-,13+,17-,24+/m0/s1. The molecule has 9 nitrogen and oxygen atoms in total. The van der Waals surface area contributed by atoms with Gasteiger partial charge in [0.2, 0.25) is 5.88 Å². The van der Waals surface area contributed by atoms with Gasteiger partial charge in [-0.2, -0.15) is 13.2 Å².